The molecule has 0 aliphatic rings. The summed E-state index contributed by atoms with van der Waals surface area (Å²) in [6.45, 7) is 2.04. The van der Waals surface area contributed by atoms with Crippen LogP contribution in [-0.4, -0.2) is 4.98 Å². The maximum absolute atomic E-state index is 9.51. The Bertz CT molecular complexity index is 795. The minimum Gasteiger partial charge on any atom is -0.366 e. The average Bonchev–Trinajstić information content (AvgIpc) is 2.54. The fraction of sp³-hybridized carbons (Fsp3) is 0.111. The third-order valence-electron chi connectivity index (χ3n) is 3.47. The standard InChI is InChI=1S/C18H15N3/c1-13-7-9-15(10-8-13)21-17(12-19)16-6-2-4-14-5-3-11-20-18(14)16/h2-11,17,21H,1H3. The Morgan fingerprint density at radius 1 is 1.05 bits per heavy atom. The van der Waals surface area contributed by atoms with Crippen molar-refractivity contribution in [2.24, 2.45) is 0 Å². The Morgan fingerprint density at radius 2 is 1.81 bits per heavy atom. The molecule has 1 N–H and O–H groups in total. The first-order valence-corrected chi connectivity index (χ1v) is 6.84. The highest BCUT2D eigenvalue weighted by Gasteiger charge is 2.14. The van der Waals surface area contributed by atoms with Crippen LogP contribution in [0, 0.1) is 18.3 Å². The molecule has 0 aliphatic heterocycles. The Morgan fingerprint density at radius 3 is 2.57 bits per heavy atom. The summed E-state index contributed by atoms with van der Waals surface area (Å²) < 4.78 is 0. The normalized spacial score (nSPS) is 11.8. The van der Waals surface area contributed by atoms with E-state index < -0.39 is 6.04 Å². The van der Waals surface area contributed by atoms with Gasteiger partial charge >= 0.3 is 0 Å². The van der Waals surface area contributed by atoms with Gasteiger partial charge in [0, 0.05) is 22.8 Å². The molecule has 1 atom stereocenters. The molecule has 0 saturated carbocycles. The number of benzene rings is 2. The molecule has 0 saturated heterocycles. The molecule has 1 unspecified atom stereocenters. The van der Waals surface area contributed by atoms with E-state index in [2.05, 4.69) is 16.4 Å². The topological polar surface area (TPSA) is 48.7 Å². The van der Waals surface area contributed by atoms with Crippen molar-refractivity contribution in [2.45, 2.75) is 13.0 Å². The van der Waals surface area contributed by atoms with E-state index >= 15 is 0 Å². The van der Waals surface area contributed by atoms with Crippen LogP contribution >= 0.6 is 0 Å². The molecule has 21 heavy (non-hydrogen) atoms. The second kappa shape index (κ2) is 5.64. The Hall–Kier alpha value is -2.86. The average molecular weight is 273 g/mol. The van der Waals surface area contributed by atoms with Gasteiger partial charge in [-0.3, -0.25) is 4.98 Å². The second-order valence-corrected chi connectivity index (χ2v) is 4.99. The number of aryl methyl sites for hydroxylation is 1. The van der Waals surface area contributed by atoms with Crippen LogP contribution in [0.25, 0.3) is 10.9 Å². The zero-order valence-corrected chi connectivity index (χ0v) is 11.7. The van der Waals surface area contributed by atoms with E-state index in [1.165, 1.54) is 5.56 Å². The molecule has 1 aromatic heterocycles. The summed E-state index contributed by atoms with van der Waals surface area (Å²) in [6.07, 6.45) is 1.76. The molecular formula is C18H15N3. The van der Waals surface area contributed by atoms with Gasteiger partial charge in [-0.15, -0.1) is 0 Å². The highest BCUT2D eigenvalue weighted by Crippen LogP contribution is 2.25. The summed E-state index contributed by atoms with van der Waals surface area (Å²) in [5.41, 5.74) is 3.89. The number of nitrogens with zero attached hydrogens (tertiary/aromatic N) is 2. The number of hydrogen-bond donors (Lipinski definition) is 1. The summed E-state index contributed by atoms with van der Waals surface area (Å²) in [4.78, 5) is 4.41. The Labute approximate surface area is 123 Å². The van der Waals surface area contributed by atoms with E-state index in [-0.39, 0.29) is 0 Å². The predicted octanol–water partition coefficient (Wildman–Crippen LogP) is 4.22. The summed E-state index contributed by atoms with van der Waals surface area (Å²) in [5.74, 6) is 0. The van der Waals surface area contributed by atoms with Crippen LogP contribution < -0.4 is 5.32 Å². The molecule has 0 aliphatic carbocycles. The van der Waals surface area contributed by atoms with Gasteiger partial charge in [-0.25, -0.2) is 0 Å². The lowest BCUT2D eigenvalue weighted by molar-refractivity contribution is 1.00. The van der Waals surface area contributed by atoms with Crippen LogP contribution in [0.15, 0.2) is 60.8 Å². The molecule has 0 spiro atoms. The smallest absolute Gasteiger partial charge is 0.142 e. The number of rotatable bonds is 3. The van der Waals surface area contributed by atoms with Crippen molar-refractivity contribution in [2.75, 3.05) is 5.32 Å². The molecule has 3 heteroatoms. The minimum absolute atomic E-state index is 0.425. The largest absolute Gasteiger partial charge is 0.366 e. The van der Waals surface area contributed by atoms with Gasteiger partial charge in [0.15, 0.2) is 0 Å². The molecule has 0 bridgehead atoms. The molecule has 3 nitrogen and oxygen atoms in total. The van der Waals surface area contributed by atoms with Crippen LogP contribution in [0.2, 0.25) is 0 Å². The first-order valence-electron chi connectivity index (χ1n) is 6.84. The van der Waals surface area contributed by atoms with Gasteiger partial charge in [-0.1, -0.05) is 42.0 Å². The van der Waals surface area contributed by atoms with E-state index in [1.807, 2.05) is 61.5 Å². The lowest BCUT2D eigenvalue weighted by Gasteiger charge is -2.15. The maximum Gasteiger partial charge on any atom is 0.142 e. The van der Waals surface area contributed by atoms with Crippen LogP contribution in [0.3, 0.4) is 0 Å². The number of fused-ring (bicyclic) bond motifs is 1. The lowest BCUT2D eigenvalue weighted by atomic mass is 10.0. The fourth-order valence-corrected chi connectivity index (χ4v) is 2.36. The molecule has 0 radical (unpaired) electrons. The van der Waals surface area contributed by atoms with Gasteiger partial charge in [-0.2, -0.15) is 5.26 Å². The summed E-state index contributed by atoms with van der Waals surface area (Å²) in [5, 5.41) is 13.8. The van der Waals surface area contributed by atoms with E-state index in [0.717, 1.165) is 22.2 Å². The zero-order chi connectivity index (χ0) is 14.7. The van der Waals surface area contributed by atoms with Crippen molar-refractivity contribution in [3.63, 3.8) is 0 Å². The number of anilines is 1. The number of pyridine rings is 1. The van der Waals surface area contributed by atoms with Crippen LogP contribution in [0.1, 0.15) is 17.2 Å². The molecule has 3 rings (SSSR count). The van der Waals surface area contributed by atoms with Gasteiger partial charge in [-0.05, 0) is 25.1 Å². The monoisotopic (exact) mass is 273 g/mol. The molecule has 0 fully saturated rings. The van der Waals surface area contributed by atoms with E-state index in [4.69, 9.17) is 0 Å². The van der Waals surface area contributed by atoms with Crippen molar-refractivity contribution in [3.05, 3.63) is 71.9 Å². The first-order chi connectivity index (χ1) is 10.3. The van der Waals surface area contributed by atoms with Crippen LogP contribution in [0.4, 0.5) is 5.69 Å². The van der Waals surface area contributed by atoms with Crippen molar-refractivity contribution >= 4 is 16.6 Å². The fourth-order valence-electron chi connectivity index (χ4n) is 2.36. The summed E-state index contributed by atoms with van der Waals surface area (Å²) in [6, 6.07) is 19.7. The highest BCUT2D eigenvalue weighted by atomic mass is 14.9. The predicted molar refractivity (Wildman–Crippen MR) is 84.9 cm³/mol. The molecule has 1 heterocycles. The third kappa shape index (κ3) is 2.70. The minimum atomic E-state index is -0.425. The number of nitrogens with one attached hydrogen (secondary N) is 1. The van der Waals surface area contributed by atoms with Crippen LogP contribution in [-0.2, 0) is 0 Å². The molecule has 2 aromatic carbocycles. The molecule has 3 aromatic rings. The van der Waals surface area contributed by atoms with Crippen molar-refractivity contribution in [1.29, 1.82) is 5.26 Å². The number of aromatic nitrogens is 1. The maximum atomic E-state index is 9.51. The zero-order valence-electron chi connectivity index (χ0n) is 11.7. The first kappa shape index (κ1) is 13.1. The second-order valence-electron chi connectivity index (χ2n) is 4.99. The summed E-state index contributed by atoms with van der Waals surface area (Å²) >= 11 is 0. The Kier molecular flexibility index (Phi) is 3.53. The summed E-state index contributed by atoms with van der Waals surface area (Å²) in [7, 11) is 0. The van der Waals surface area contributed by atoms with Gasteiger partial charge < -0.3 is 5.32 Å². The van der Waals surface area contributed by atoms with E-state index in [0.29, 0.717) is 0 Å². The van der Waals surface area contributed by atoms with Gasteiger partial charge in [0.1, 0.15) is 6.04 Å². The third-order valence-corrected chi connectivity index (χ3v) is 3.47. The van der Waals surface area contributed by atoms with Gasteiger partial charge in [0.2, 0.25) is 0 Å². The van der Waals surface area contributed by atoms with Crippen molar-refractivity contribution in [1.82, 2.24) is 4.98 Å². The SMILES string of the molecule is Cc1ccc(NC(C#N)c2cccc3cccnc23)cc1. The highest BCUT2D eigenvalue weighted by molar-refractivity contribution is 5.82. The molecule has 102 valence electrons. The van der Waals surface area contributed by atoms with E-state index in [1.54, 1.807) is 6.20 Å². The van der Waals surface area contributed by atoms with Gasteiger partial charge in [0.25, 0.3) is 0 Å². The van der Waals surface area contributed by atoms with Crippen molar-refractivity contribution < 1.29 is 0 Å². The molecular weight excluding hydrogens is 258 g/mol. The quantitative estimate of drug-likeness (QED) is 0.777. The lowest BCUT2D eigenvalue weighted by Crippen LogP contribution is -2.09. The number of nitriles is 1. The number of para-hydroxylation sites is 1. The van der Waals surface area contributed by atoms with Crippen molar-refractivity contribution in [3.8, 4) is 6.07 Å². The van der Waals surface area contributed by atoms with Crippen LogP contribution in [0.5, 0.6) is 0 Å². The number of hydrogen-bond acceptors (Lipinski definition) is 3. The molecule has 0 amide bonds. The Balaban J connectivity index is 1.99. The van der Waals surface area contributed by atoms with E-state index in [9.17, 15) is 5.26 Å². The van der Waals surface area contributed by atoms with Gasteiger partial charge in [0.05, 0.1) is 11.6 Å².